The van der Waals surface area contributed by atoms with Crippen LogP contribution >= 0.6 is 0 Å². The Morgan fingerprint density at radius 3 is 2.44 bits per heavy atom. The molecule has 172 valence electrons. The lowest BCUT2D eigenvalue weighted by molar-refractivity contribution is -0.140. The fourth-order valence-electron chi connectivity index (χ4n) is 3.53. The number of amides is 1. The average molecular weight is 442 g/mol. The number of carbonyl (C=O) groups is 2. The van der Waals surface area contributed by atoms with Gasteiger partial charge in [0.15, 0.2) is 0 Å². The Hall–Kier alpha value is -3.06. The number of ketones is 1. The minimum absolute atomic E-state index is 0.0191. The number of hydrogen-bond acceptors (Lipinski definition) is 6. The third-order valence-electron chi connectivity index (χ3n) is 5.06. The van der Waals surface area contributed by atoms with E-state index in [2.05, 4.69) is 13.8 Å². The molecule has 2 heterocycles. The van der Waals surface area contributed by atoms with Gasteiger partial charge in [0.1, 0.15) is 23.3 Å². The van der Waals surface area contributed by atoms with Crippen LogP contribution in [0.2, 0.25) is 0 Å². The average Bonchev–Trinajstić information content (AvgIpc) is 3.37. The number of rotatable bonds is 10. The Morgan fingerprint density at radius 1 is 1.12 bits per heavy atom. The van der Waals surface area contributed by atoms with Crippen molar-refractivity contribution >= 4 is 17.4 Å². The molecule has 1 amide bonds. The van der Waals surface area contributed by atoms with Gasteiger partial charge in [0.2, 0.25) is 0 Å². The van der Waals surface area contributed by atoms with E-state index >= 15 is 0 Å². The first-order valence-electron chi connectivity index (χ1n) is 11.0. The van der Waals surface area contributed by atoms with E-state index in [9.17, 15) is 14.7 Å². The largest absolute Gasteiger partial charge is 0.507 e. The van der Waals surface area contributed by atoms with Gasteiger partial charge in [-0.25, -0.2) is 0 Å². The number of benzene rings is 1. The normalized spacial score (nSPS) is 18.2. The highest BCUT2D eigenvalue weighted by Gasteiger charge is 2.47. The molecule has 1 aromatic carbocycles. The third-order valence-corrected chi connectivity index (χ3v) is 5.06. The standard InChI is InChI=1S/C25H31NO6/c1-16(2)15-32-19-10-8-18(9-11-19)23(27)21-22(20-7-5-13-31-20)26(25(29)24(21)28)12-6-14-30-17(3)4/h5,7-11,13,16-17,22,27H,6,12,14-15H2,1-4H3/b23-21-. The molecule has 0 radical (unpaired) electrons. The van der Waals surface area contributed by atoms with Crippen molar-refractivity contribution in [3.63, 3.8) is 0 Å². The molecule has 1 unspecified atom stereocenters. The lowest BCUT2D eigenvalue weighted by Gasteiger charge is -2.23. The molecule has 1 saturated heterocycles. The first-order chi connectivity index (χ1) is 15.3. The van der Waals surface area contributed by atoms with Gasteiger partial charge in [-0.3, -0.25) is 9.59 Å². The molecule has 7 heteroatoms. The van der Waals surface area contributed by atoms with Crippen molar-refractivity contribution in [2.75, 3.05) is 19.8 Å². The Balaban J connectivity index is 1.89. The molecule has 1 aromatic heterocycles. The first-order valence-corrected chi connectivity index (χ1v) is 11.0. The number of aliphatic hydroxyl groups excluding tert-OH is 1. The summed E-state index contributed by atoms with van der Waals surface area (Å²) in [4.78, 5) is 27.2. The quantitative estimate of drug-likeness (QED) is 0.252. The Bertz CT molecular complexity index is 943. The highest BCUT2D eigenvalue weighted by molar-refractivity contribution is 6.46. The van der Waals surface area contributed by atoms with Gasteiger partial charge < -0.3 is 23.9 Å². The maximum absolute atomic E-state index is 12.9. The predicted molar refractivity (Wildman–Crippen MR) is 120 cm³/mol. The number of carbonyl (C=O) groups excluding carboxylic acids is 2. The summed E-state index contributed by atoms with van der Waals surface area (Å²) in [6.07, 6.45) is 2.13. The number of aliphatic hydroxyl groups is 1. The number of nitrogens with zero attached hydrogens (tertiary/aromatic N) is 1. The summed E-state index contributed by atoms with van der Waals surface area (Å²) < 4.78 is 16.8. The number of ether oxygens (including phenoxy) is 2. The van der Waals surface area contributed by atoms with Gasteiger partial charge in [-0.15, -0.1) is 0 Å². The molecule has 0 aliphatic carbocycles. The van der Waals surface area contributed by atoms with Crippen LogP contribution in [-0.2, 0) is 14.3 Å². The van der Waals surface area contributed by atoms with E-state index in [-0.39, 0.29) is 17.4 Å². The number of Topliss-reactive ketones (excluding diaryl/α,β-unsaturated/α-hetero) is 1. The summed E-state index contributed by atoms with van der Waals surface area (Å²) >= 11 is 0. The van der Waals surface area contributed by atoms with Crippen LogP contribution in [0.1, 0.15) is 51.5 Å². The second-order valence-corrected chi connectivity index (χ2v) is 8.51. The van der Waals surface area contributed by atoms with Crippen LogP contribution in [-0.4, -0.2) is 47.6 Å². The van der Waals surface area contributed by atoms with Gasteiger partial charge in [0.05, 0.1) is 24.5 Å². The van der Waals surface area contributed by atoms with Crippen LogP contribution in [0.5, 0.6) is 5.75 Å². The van der Waals surface area contributed by atoms with Gasteiger partial charge in [-0.1, -0.05) is 13.8 Å². The van der Waals surface area contributed by atoms with Gasteiger partial charge in [0, 0.05) is 18.7 Å². The molecular weight excluding hydrogens is 410 g/mol. The van der Waals surface area contributed by atoms with Crippen LogP contribution in [0.4, 0.5) is 0 Å². The summed E-state index contributed by atoms with van der Waals surface area (Å²) in [6.45, 7) is 9.34. The second-order valence-electron chi connectivity index (χ2n) is 8.51. The molecule has 0 bridgehead atoms. The van der Waals surface area contributed by atoms with E-state index < -0.39 is 17.7 Å². The van der Waals surface area contributed by atoms with Crippen LogP contribution < -0.4 is 4.74 Å². The minimum Gasteiger partial charge on any atom is -0.507 e. The SMILES string of the molecule is CC(C)COc1ccc(/C(O)=C2/C(=O)C(=O)N(CCCOC(C)C)C2c2ccco2)cc1. The summed E-state index contributed by atoms with van der Waals surface area (Å²) in [5.41, 5.74) is 0.449. The zero-order chi connectivity index (χ0) is 23.3. The maximum Gasteiger partial charge on any atom is 0.295 e. The molecular formula is C25H31NO6. The fourth-order valence-corrected chi connectivity index (χ4v) is 3.53. The van der Waals surface area contributed by atoms with Crippen molar-refractivity contribution in [1.82, 2.24) is 4.90 Å². The van der Waals surface area contributed by atoms with Crippen molar-refractivity contribution in [2.45, 2.75) is 46.3 Å². The molecule has 1 aliphatic heterocycles. The highest BCUT2D eigenvalue weighted by atomic mass is 16.5. The summed E-state index contributed by atoms with van der Waals surface area (Å²) in [7, 11) is 0. The smallest absolute Gasteiger partial charge is 0.295 e. The van der Waals surface area contributed by atoms with Crippen molar-refractivity contribution < 1.29 is 28.6 Å². The number of furan rings is 1. The lowest BCUT2D eigenvalue weighted by Crippen LogP contribution is -2.31. The number of likely N-dealkylation sites (tertiary alicyclic amines) is 1. The van der Waals surface area contributed by atoms with Crippen molar-refractivity contribution in [1.29, 1.82) is 0 Å². The van der Waals surface area contributed by atoms with Crippen LogP contribution in [0.15, 0.2) is 52.7 Å². The van der Waals surface area contributed by atoms with Crippen molar-refractivity contribution in [3.05, 3.63) is 59.6 Å². The van der Waals surface area contributed by atoms with E-state index in [1.54, 1.807) is 36.4 Å². The van der Waals surface area contributed by atoms with Gasteiger partial charge >= 0.3 is 0 Å². The molecule has 32 heavy (non-hydrogen) atoms. The second kappa shape index (κ2) is 10.5. The maximum atomic E-state index is 12.9. The minimum atomic E-state index is -0.791. The molecule has 1 N–H and O–H groups in total. The van der Waals surface area contributed by atoms with Crippen molar-refractivity contribution in [2.24, 2.45) is 5.92 Å². The topological polar surface area (TPSA) is 89.2 Å². The Kier molecular flexibility index (Phi) is 7.75. The molecule has 0 saturated carbocycles. The number of hydrogen-bond donors (Lipinski definition) is 1. The van der Waals surface area contributed by atoms with Gasteiger partial charge in [-0.2, -0.15) is 0 Å². The van der Waals surface area contributed by atoms with E-state index in [0.29, 0.717) is 49.2 Å². The van der Waals surface area contributed by atoms with E-state index in [1.165, 1.54) is 11.2 Å². The monoisotopic (exact) mass is 441 g/mol. The lowest BCUT2D eigenvalue weighted by atomic mass is 9.99. The highest BCUT2D eigenvalue weighted by Crippen LogP contribution is 2.39. The Labute approximate surface area is 188 Å². The molecule has 1 fully saturated rings. The summed E-state index contributed by atoms with van der Waals surface area (Å²) in [5.74, 6) is -0.140. The Morgan fingerprint density at radius 2 is 1.84 bits per heavy atom. The van der Waals surface area contributed by atoms with E-state index in [4.69, 9.17) is 13.9 Å². The van der Waals surface area contributed by atoms with Crippen LogP contribution in [0.3, 0.4) is 0 Å². The zero-order valence-corrected chi connectivity index (χ0v) is 19.0. The van der Waals surface area contributed by atoms with Crippen molar-refractivity contribution in [3.8, 4) is 5.75 Å². The molecule has 2 aromatic rings. The van der Waals surface area contributed by atoms with E-state index in [1.807, 2.05) is 13.8 Å². The molecule has 1 aliphatic rings. The van der Waals surface area contributed by atoms with Gasteiger partial charge in [0.25, 0.3) is 11.7 Å². The molecule has 7 nitrogen and oxygen atoms in total. The van der Waals surface area contributed by atoms with E-state index in [0.717, 1.165) is 0 Å². The summed E-state index contributed by atoms with van der Waals surface area (Å²) in [5, 5.41) is 11.0. The molecule has 0 spiro atoms. The molecule has 1 atom stereocenters. The van der Waals surface area contributed by atoms with Gasteiger partial charge in [-0.05, 0) is 62.6 Å². The zero-order valence-electron chi connectivity index (χ0n) is 19.0. The first kappa shape index (κ1) is 23.6. The fraction of sp³-hybridized carbons (Fsp3) is 0.440. The predicted octanol–water partition coefficient (Wildman–Crippen LogP) is 4.55. The van der Waals surface area contributed by atoms with Crippen LogP contribution in [0, 0.1) is 5.92 Å². The third kappa shape index (κ3) is 5.40. The van der Waals surface area contributed by atoms with Crippen LogP contribution in [0.25, 0.3) is 5.76 Å². The summed E-state index contributed by atoms with van der Waals surface area (Å²) in [6, 6.07) is 9.42. The molecule has 3 rings (SSSR count).